The van der Waals surface area contributed by atoms with E-state index in [1.54, 1.807) is 51.6 Å². The fourth-order valence-corrected chi connectivity index (χ4v) is 2.34. The van der Waals surface area contributed by atoms with Gasteiger partial charge in [0.05, 0.1) is 27.2 Å². The Balaban J connectivity index is 1.97. The molecular weight excluding hydrogens is 320 g/mol. The normalized spacial score (nSPS) is 10.0. The van der Waals surface area contributed by atoms with Gasteiger partial charge < -0.3 is 19.7 Å². The molecular formula is C19H22N2O4. The first-order chi connectivity index (χ1) is 12.0. The minimum atomic E-state index is -0.250. The molecule has 2 amide bonds. The van der Waals surface area contributed by atoms with Crippen LogP contribution in [0.25, 0.3) is 0 Å². The number of carbonyl (C=O) groups excluding carboxylic acids is 2. The van der Waals surface area contributed by atoms with E-state index in [0.29, 0.717) is 22.7 Å². The molecule has 0 aliphatic rings. The minimum Gasteiger partial charge on any atom is -0.497 e. The number of hydrogen-bond acceptors (Lipinski definition) is 4. The molecule has 0 radical (unpaired) electrons. The highest BCUT2D eigenvalue weighted by atomic mass is 16.5. The molecule has 0 aromatic heterocycles. The highest BCUT2D eigenvalue weighted by Crippen LogP contribution is 2.24. The molecule has 0 bridgehead atoms. The maximum Gasteiger partial charge on any atom is 0.243 e. The van der Waals surface area contributed by atoms with E-state index in [1.807, 2.05) is 18.2 Å². The minimum absolute atomic E-state index is 0.0278. The Morgan fingerprint density at radius 2 is 1.76 bits per heavy atom. The van der Waals surface area contributed by atoms with Crippen LogP contribution in [0.15, 0.2) is 48.5 Å². The number of rotatable bonds is 7. The molecule has 0 saturated heterocycles. The predicted octanol–water partition coefficient (Wildman–Crippen LogP) is 2.34. The van der Waals surface area contributed by atoms with Gasteiger partial charge in [0, 0.05) is 18.3 Å². The summed E-state index contributed by atoms with van der Waals surface area (Å²) >= 11 is 0. The third kappa shape index (κ3) is 5.24. The van der Waals surface area contributed by atoms with Crippen molar-refractivity contribution in [1.82, 2.24) is 4.90 Å². The lowest BCUT2D eigenvalue weighted by atomic mass is 10.1. The van der Waals surface area contributed by atoms with Gasteiger partial charge in [-0.3, -0.25) is 9.59 Å². The fraction of sp³-hybridized carbons (Fsp3) is 0.263. The number of ether oxygens (including phenoxy) is 2. The lowest BCUT2D eigenvalue weighted by Crippen LogP contribution is -2.35. The van der Waals surface area contributed by atoms with E-state index in [4.69, 9.17) is 9.47 Å². The molecule has 0 aliphatic heterocycles. The molecule has 6 nitrogen and oxygen atoms in total. The molecule has 0 aliphatic carbocycles. The molecule has 6 heteroatoms. The van der Waals surface area contributed by atoms with Crippen molar-refractivity contribution in [3.8, 4) is 11.5 Å². The van der Waals surface area contributed by atoms with E-state index >= 15 is 0 Å². The number of amides is 2. The molecule has 0 saturated carbocycles. The van der Waals surface area contributed by atoms with E-state index in [-0.39, 0.29) is 24.8 Å². The Kier molecular flexibility index (Phi) is 6.39. The van der Waals surface area contributed by atoms with E-state index in [9.17, 15) is 9.59 Å². The third-order valence-corrected chi connectivity index (χ3v) is 3.69. The van der Waals surface area contributed by atoms with Crippen molar-refractivity contribution < 1.29 is 19.1 Å². The highest BCUT2D eigenvalue weighted by Gasteiger charge is 2.16. The summed E-state index contributed by atoms with van der Waals surface area (Å²) in [6.07, 6.45) is 0.121. The molecule has 0 spiro atoms. The van der Waals surface area contributed by atoms with Crippen LogP contribution in [-0.2, 0) is 16.0 Å². The van der Waals surface area contributed by atoms with Crippen molar-refractivity contribution in [2.75, 3.05) is 33.1 Å². The topological polar surface area (TPSA) is 67.9 Å². The second-order valence-electron chi connectivity index (χ2n) is 5.52. The Labute approximate surface area is 147 Å². The fourth-order valence-electron chi connectivity index (χ4n) is 2.34. The maximum absolute atomic E-state index is 12.4. The van der Waals surface area contributed by atoms with Crippen molar-refractivity contribution in [3.05, 3.63) is 54.1 Å². The summed E-state index contributed by atoms with van der Waals surface area (Å²) in [5.41, 5.74) is 1.41. The zero-order valence-corrected chi connectivity index (χ0v) is 14.6. The summed E-state index contributed by atoms with van der Waals surface area (Å²) < 4.78 is 10.5. The van der Waals surface area contributed by atoms with E-state index in [0.717, 1.165) is 0 Å². The van der Waals surface area contributed by atoms with E-state index in [1.165, 1.54) is 4.90 Å². The molecule has 25 heavy (non-hydrogen) atoms. The Hall–Kier alpha value is -3.02. The van der Waals surface area contributed by atoms with Gasteiger partial charge in [-0.25, -0.2) is 0 Å². The predicted molar refractivity (Wildman–Crippen MR) is 96.0 cm³/mol. The summed E-state index contributed by atoms with van der Waals surface area (Å²) in [5, 5.41) is 2.75. The smallest absolute Gasteiger partial charge is 0.243 e. The quantitative estimate of drug-likeness (QED) is 0.839. The lowest BCUT2D eigenvalue weighted by molar-refractivity contribution is -0.132. The first-order valence-electron chi connectivity index (χ1n) is 7.83. The van der Waals surface area contributed by atoms with Gasteiger partial charge in [-0.1, -0.05) is 18.2 Å². The van der Waals surface area contributed by atoms with Gasteiger partial charge in [0.25, 0.3) is 0 Å². The van der Waals surface area contributed by atoms with Crippen molar-refractivity contribution >= 4 is 17.5 Å². The maximum atomic E-state index is 12.4. The number of nitrogens with zero attached hydrogens (tertiary/aromatic N) is 1. The number of carbonyl (C=O) groups is 2. The summed E-state index contributed by atoms with van der Waals surface area (Å²) in [4.78, 5) is 25.9. The van der Waals surface area contributed by atoms with Gasteiger partial charge in [0.1, 0.15) is 11.5 Å². The Morgan fingerprint density at radius 1 is 1.04 bits per heavy atom. The monoisotopic (exact) mass is 342 g/mol. The lowest BCUT2D eigenvalue weighted by Gasteiger charge is -2.18. The van der Waals surface area contributed by atoms with Gasteiger partial charge in [-0.2, -0.15) is 0 Å². The van der Waals surface area contributed by atoms with Crippen LogP contribution in [-0.4, -0.2) is 44.5 Å². The molecule has 2 aromatic carbocycles. The van der Waals surface area contributed by atoms with Crippen LogP contribution in [0.2, 0.25) is 0 Å². The van der Waals surface area contributed by atoms with Crippen molar-refractivity contribution in [1.29, 1.82) is 0 Å². The largest absolute Gasteiger partial charge is 0.497 e. The second-order valence-corrected chi connectivity index (χ2v) is 5.52. The zero-order chi connectivity index (χ0) is 18.2. The number of anilines is 1. The van der Waals surface area contributed by atoms with E-state index < -0.39 is 0 Å². The molecule has 0 unspecified atom stereocenters. The Bertz CT molecular complexity index is 731. The van der Waals surface area contributed by atoms with Crippen LogP contribution >= 0.6 is 0 Å². The number of methoxy groups -OCH3 is 2. The molecule has 2 rings (SSSR count). The summed E-state index contributed by atoms with van der Waals surface area (Å²) in [7, 11) is 4.71. The van der Waals surface area contributed by atoms with E-state index in [2.05, 4.69) is 5.32 Å². The second kappa shape index (κ2) is 8.73. The average Bonchev–Trinajstić information content (AvgIpc) is 2.62. The van der Waals surface area contributed by atoms with Crippen molar-refractivity contribution in [2.24, 2.45) is 0 Å². The van der Waals surface area contributed by atoms with Crippen LogP contribution < -0.4 is 14.8 Å². The third-order valence-electron chi connectivity index (χ3n) is 3.69. The van der Waals surface area contributed by atoms with Crippen LogP contribution in [0.3, 0.4) is 0 Å². The molecule has 0 atom stereocenters. The first kappa shape index (κ1) is 18.3. The SMILES string of the molecule is COc1ccc(OC)c(CC(=O)N(C)CC(=O)Nc2ccccc2)c1. The number of likely N-dealkylation sites (N-methyl/N-ethyl adjacent to an activating group) is 1. The summed E-state index contributed by atoms with van der Waals surface area (Å²) in [6, 6.07) is 14.4. The van der Waals surface area contributed by atoms with Crippen LogP contribution in [0.1, 0.15) is 5.56 Å². The summed E-state index contributed by atoms with van der Waals surface area (Å²) in [5.74, 6) is 0.818. The molecule has 2 aromatic rings. The zero-order valence-electron chi connectivity index (χ0n) is 14.6. The standard InChI is InChI=1S/C19H22N2O4/c1-21(13-18(22)20-15-7-5-4-6-8-15)19(23)12-14-11-16(24-2)9-10-17(14)25-3/h4-11H,12-13H2,1-3H3,(H,20,22). The van der Waals surface area contributed by atoms with Gasteiger partial charge in [0.15, 0.2) is 0 Å². The molecule has 132 valence electrons. The highest BCUT2D eigenvalue weighted by molar-refractivity contribution is 5.94. The average molecular weight is 342 g/mol. The van der Waals surface area contributed by atoms with Crippen molar-refractivity contribution in [2.45, 2.75) is 6.42 Å². The van der Waals surface area contributed by atoms with Crippen molar-refractivity contribution in [3.63, 3.8) is 0 Å². The summed E-state index contributed by atoms with van der Waals surface area (Å²) in [6.45, 7) is -0.0278. The van der Waals surface area contributed by atoms with Crippen LogP contribution in [0.4, 0.5) is 5.69 Å². The van der Waals surface area contributed by atoms with Gasteiger partial charge >= 0.3 is 0 Å². The molecule has 0 fully saturated rings. The van der Waals surface area contributed by atoms with Crippen LogP contribution in [0.5, 0.6) is 11.5 Å². The molecule has 1 N–H and O–H groups in total. The molecule has 0 heterocycles. The number of benzene rings is 2. The van der Waals surface area contributed by atoms with Crippen LogP contribution in [0, 0.1) is 0 Å². The number of para-hydroxylation sites is 1. The van der Waals surface area contributed by atoms with Gasteiger partial charge in [-0.05, 0) is 30.3 Å². The Morgan fingerprint density at radius 3 is 2.40 bits per heavy atom. The number of hydrogen-bond donors (Lipinski definition) is 1. The van der Waals surface area contributed by atoms with Gasteiger partial charge in [0.2, 0.25) is 11.8 Å². The number of nitrogens with one attached hydrogen (secondary N) is 1. The first-order valence-corrected chi connectivity index (χ1v) is 7.83. The van der Waals surface area contributed by atoms with Gasteiger partial charge in [-0.15, -0.1) is 0 Å².